The Morgan fingerprint density at radius 1 is 1.06 bits per heavy atom. The van der Waals surface area contributed by atoms with Crippen molar-refractivity contribution in [3.63, 3.8) is 0 Å². The molecule has 1 aromatic rings. The van der Waals surface area contributed by atoms with E-state index >= 15 is 0 Å². The summed E-state index contributed by atoms with van der Waals surface area (Å²) in [6.45, 7) is 7.09. The summed E-state index contributed by atoms with van der Waals surface area (Å²) in [4.78, 5) is 0. The van der Waals surface area contributed by atoms with Crippen LogP contribution in [0.4, 0.5) is 8.78 Å². The van der Waals surface area contributed by atoms with Crippen LogP contribution in [0.3, 0.4) is 0 Å². The number of hydrogen-bond donors (Lipinski definition) is 0. The van der Waals surface area contributed by atoms with Crippen molar-refractivity contribution in [1.29, 1.82) is 0 Å². The van der Waals surface area contributed by atoms with Crippen LogP contribution in [0.5, 0.6) is 0 Å². The van der Waals surface area contributed by atoms with Crippen LogP contribution < -0.4 is 0 Å². The number of benzene rings is 1. The first-order valence-electron chi connectivity index (χ1n) is 6.22. The van der Waals surface area contributed by atoms with Crippen LogP contribution >= 0.6 is 0 Å². The van der Waals surface area contributed by atoms with Gasteiger partial charge in [-0.3, -0.25) is 0 Å². The lowest BCUT2D eigenvalue weighted by Gasteiger charge is -2.25. The molecule has 0 aliphatic heterocycles. The van der Waals surface area contributed by atoms with Gasteiger partial charge in [0.1, 0.15) is 0 Å². The zero-order chi connectivity index (χ0) is 13.6. The average Bonchev–Trinajstić information content (AvgIpc) is 2.32. The van der Waals surface area contributed by atoms with Gasteiger partial charge in [-0.25, -0.2) is 8.78 Å². The molecular weight excluding hydrogens is 254 g/mol. The van der Waals surface area contributed by atoms with E-state index in [1.165, 1.54) is 6.07 Å². The van der Waals surface area contributed by atoms with Gasteiger partial charge in [0.25, 0.3) is 0 Å². The largest absolute Gasteiger partial charge is 0.395 e. The van der Waals surface area contributed by atoms with Crippen LogP contribution in [0.1, 0.15) is 19.4 Å². The molecule has 1 aromatic carbocycles. The van der Waals surface area contributed by atoms with E-state index in [0.717, 1.165) is 17.7 Å². The molecule has 0 unspecified atom stereocenters. The smallest absolute Gasteiger partial charge is 0.335 e. The van der Waals surface area contributed by atoms with E-state index in [0.29, 0.717) is 19.6 Å². The standard InChI is InChI=1S/C13H20F2O2Si/c1-4-16-18(3,17-5-2)9-8-11-6-7-12(14)13(15)10-11/h6-7,10H,4-5,8-9H2,1-3H3. The Morgan fingerprint density at radius 2 is 1.67 bits per heavy atom. The maximum absolute atomic E-state index is 13.1. The van der Waals surface area contributed by atoms with Crippen LogP contribution in [0.25, 0.3) is 0 Å². The molecule has 0 aliphatic rings. The molecule has 18 heavy (non-hydrogen) atoms. The molecule has 1 rings (SSSR count). The van der Waals surface area contributed by atoms with E-state index in [1.807, 2.05) is 20.4 Å². The predicted molar refractivity (Wildman–Crippen MR) is 69.7 cm³/mol. The van der Waals surface area contributed by atoms with E-state index in [2.05, 4.69) is 0 Å². The summed E-state index contributed by atoms with van der Waals surface area (Å²) in [6.07, 6.45) is 0.639. The topological polar surface area (TPSA) is 18.5 Å². The van der Waals surface area contributed by atoms with Gasteiger partial charge in [0.05, 0.1) is 0 Å². The minimum atomic E-state index is -2.18. The van der Waals surface area contributed by atoms with Crippen LogP contribution in [0.2, 0.25) is 12.6 Å². The van der Waals surface area contributed by atoms with E-state index in [-0.39, 0.29) is 0 Å². The summed E-state index contributed by atoms with van der Waals surface area (Å²) >= 11 is 0. The highest BCUT2D eigenvalue weighted by Gasteiger charge is 2.30. The van der Waals surface area contributed by atoms with Gasteiger partial charge in [0, 0.05) is 13.2 Å². The number of hydrogen-bond acceptors (Lipinski definition) is 2. The Balaban J connectivity index is 2.63. The fourth-order valence-electron chi connectivity index (χ4n) is 1.86. The summed E-state index contributed by atoms with van der Waals surface area (Å²) in [5.41, 5.74) is 0.770. The van der Waals surface area contributed by atoms with Crippen molar-refractivity contribution in [2.45, 2.75) is 32.9 Å². The molecule has 0 amide bonds. The molecule has 102 valence electrons. The number of aryl methyl sites for hydroxylation is 1. The molecule has 5 heteroatoms. The van der Waals surface area contributed by atoms with E-state index < -0.39 is 20.2 Å². The Kier molecular flexibility index (Phi) is 5.91. The second-order valence-electron chi connectivity index (χ2n) is 4.25. The SMILES string of the molecule is CCO[Si](C)(CCc1ccc(F)c(F)c1)OCC. The highest BCUT2D eigenvalue weighted by atomic mass is 28.4. The van der Waals surface area contributed by atoms with Crippen LogP contribution in [0.15, 0.2) is 18.2 Å². The molecule has 0 saturated heterocycles. The summed E-state index contributed by atoms with van der Waals surface area (Å²) in [7, 11) is -2.18. The zero-order valence-corrected chi connectivity index (χ0v) is 12.1. The van der Waals surface area contributed by atoms with Crippen LogP contribution in [-0.2, 0) is 15.3 Å². The predicted octanol–water partition coefficient (Wildman–Crippen LogP) is 3.65. The third-order valence-electron chi connectivity index (χ3n) is 2.75. The first-order chi connectivity index (χ1) is 8.50. The molecule has 0 saturated carbocycles. The van der Waals surface area contributed by atoms with Crippen molar-refractivity contribution in [2.75, 3.05) is 13.2 Å². The van der Waals surface area contributed by atoms with Gasteiger partial charge in [0.2, 0.25) is 0 Å². The molecule has 0 N–H and O–H groups in total. The third-order valence-corrected chi connectivity index (χ3v) is 5.71. The van der Waals surface area contributed by atoms with Gasteiger partial charge in [-0.1, -0.05) is 6.07 Å². The van der Waals surface area contributed by atoms with Crippen molar-refractivity contribution in [3.8, 4) is 0 Å². The second kappa shape index (κ2) is 6.97. The summed E-state index contributed by atoms with van der Waals surface area (Å²) in [5.74, 6) is -1.61. The van der Waals surface area contributed by atoms with Gasteiger partial charge >= 0.3 is 8.56 Å². The molecule has 0 bridgehead atoms. The van der Waals surface area contributed by atoms with Gasteiger partial charge in [-0.2, -0.15) is 0 Å². The quantitative estimate of drug-likeness (QED) is 0.707. The van der Waals surface area contributed by atoms with Crippen molar-refractivity contribution in [3.05, 3.63) is 35.4 Å². The van der Waals surface area contributed by atoms with Crippen LogP contribution in [0, 0.1) is 11.6 Å². The summed E-state index contributed by atoms with van der Waals surface area (Å²) < 4.78 is 37.3. The molecule has 2 nitrogen and oxygen atoms in total. The third kappa shape index (κ3) is 4.47. The lowest BCUT2D eigenvalue weighted by molar-refractivity contribution is 0.189. The van der Waals surface area contributed by atoms with Gasteiger partial charge in [0.15, 0.2) is 11.6 Å². The molecular formula is C13H20F2O2Si. The summed E-state index contributed by atoms with van der Waals surface area (Å²) in [6, 6.07) is 4.73. The molecule has 0 atom stereocenters. The normalized spacial score (nSPS) is 11.8. The average molecular weight is 274 g/mol. The van der Waals surface area contributed by atoms with Crippen molar-refractivity contribution >= 4 is 8.56 Å². The number of halogens is 2. The van der Waals surface area contributed by atoms with Crippen LogP contribution in [-0.4, -0.2) is 21.8 Å². The molecule has 0 heterocycles. The summed E-state index contributed by atoms with van der Waals surface area (Å²) in [5, 5.41) is 0. The minimum absolute atomic E-state index is 0.612. The highest BCUT2D eigenvalue weighted by Crippen LogP contribution is 2.18. The maximum Gasteiger partial charge on any atom is 0.335 e. The van der Waals surface area contributed by atoms with E-state index in [1.54, 1.807) is 6.07 Å². The molecule has 0 aromatic heterocycles. The molecule has 0 spiro atoms. The highest BCUT2D eigenvalue weighted by molar-refractivity contribution is 6.66. The number of rotatable bonds is 7. The van der Waals surface area contributed by atoms with E-state index in [9.17, 15) is 8.78 Å². The zero-order valence-electron chi connectivity index (χ0n) is 11.1. The maximum atomic E-state index is 13.1. The van der Waals surface area contributed by atoms with E-state index in [4.69, 9.17) is 8.85 Å². The fraction of sp³-hybridized carbons (Fsp3) is 0.538. The van der Waals surface area contributed by atoms with Gasteiger partial charge in [-0.05, 0) is 50.6 Å². The monoisotopic (exact) mass is 274 g/mol. The Bertz CT molecular complexity index is 379. The second-order valence-corrected chi connectivity index (χ2v) is 7.59. The first-order valence-corrected chi connectivity index (χ1v) is 8.75. The van der Waals surface area contributed by atoms with Crippen molar-refractivity contribution in [1.82, 2.24) is 0 Å². The molecule has 0 fully saturated rings. The van der Waals surface area contributed by atoms with Gasteiger partial charge < -0.3 is 8.85 Å². The Labute approximate surface area is 108 Å². The van der Waals surface area contributed by atoms with Crippen molar-refractivity contribution in [2.24, 2.45) is 0 Å². The Morgan fingerprint density at radius 3 is 2.17 bits per heavy atom. The van der Waals surface area contributed by atoms with Crippen molar-refractivity contribution < 1.29 is 17.6 Å². The first kappa shape index (κ1) is 15.3. The molecule has 0 radical (unpaired) electrons. The lowest BCUT2D eigenvalue weighted by Crippen LogP contribution is -2.39. The lowest BCUT2D eigenvalue weighted by atomic mass is 10.2. The Hall–Kier alpha value is -0.783. The fourth-order valence-corrected chi connectivity index (χ4v) is 4.20. The minimum Gasteiger partial charge on any atom is -0.395 e. The molecule has 0 aliphatic carbocycles. The van der Waals surface area contributed by atoms with Gasteiger partial charge in [-0.15, -0.1) is 0 Å².